The largest absolute Gasteiger partial charge is 0.394 e. The third kappa shape index (κ3) is 45.3. The summed E-state index contributed by atoms with van der Waals surface area (Å²) in [5, 5.41) is 54.5. The van der Waals surface area contributed by atoms with Crippen LogP contribution in [-0.2, 0) is 14.3 Å². The van der Waals surface area contributed by atoms with E-state index in [-0.39, 0.29) is 12.5 Å². The maximum Gasteiger partial charge on any atom is 0.220 e. The summed E-state index contributed by atoms with van der Waals surface area (Å²) in [6.07, 6.45) is 78.6. The molecule has 7 unspecified atom stereocenters. The molecule has 1 fully saturated rings. The fraction of sp³-hybridized carbons (Fsp3) is 0.696. The second-order valence-corrected chi connectivity index (χ2v) is 21.5. The van der Waals surface area contributed by atoms with Gasteiger partial charge in [0.15, 0.2) is 6.29 Å². The van der Waals surface area contributed by atoms with Crippen LogP contribution in [0.4, 0.5) is 0 Å². The number of aliphatic hydroxyl groups is 5. The van der Waals surface area contributed by atoms with E-state index < -0.39 is 49.5 Å². The van der Waals surface area contributed by atoms with E-state index in [0.29, 0.717) is 6.42 Å². The minimum atomic E-state index is -1.58. The number of hydrogen-bond donors (Lipinski definition) is 6. The zero-order valence-corrected chi connectivity index (χ0v) is 49.6. The Balaban J connectivity index is 2.09. The van der Waals surface area contributed by atoms with Gasteiger partial charge in [0.2, 0.25) is 5.91 Å². The van der Waals surface area contributed by atoms with Gasteiger partial charge in [-0.25, -0.2) is 0 Å². The smallest absolute Gasteiger partial charge is 0.220 e. The van der Waals surface area contributed by atoms with Gasteiger partial charge in [0, 0.05) is 6.42 Å². The number of unbranched alkanes of at least 4 members (excludes halogenated alkanes) is 25. The number of hydrogen-bond acceptors (Lipinski definition) is 8. The lowest BCUT2D eigenvalue weighted by molar-refractivity contribution is -0.302. The van der Waals surface area contributed by atoms with Crippen LogP contribution in [0.3, 0.4) is 0 Å². The molecular weight excluding hydrogens is 971 g/mol. The second kappa shape index (κ2) is 56.8. The number of aliphatic hydroxyl groups excluding tert-OH is 5. The Morgan fingerprint density at radius 3 is 1.23 bits per heavy atom. The Labute approximate surface area is 478 Å². The van der Waals surface area contributed by atoms with Crippen LogP contribution >= 0.6 is 0 Å². The molecule has 0 spiro atoms. The number of rotatable bonds is 53. The van der Waals surface area contributed by atoms with E-state index in [1.807, 2.05) is 6.08 Å². The van der Waals surface area contributed by atoms with E-state index in [2.05, 4.69) is 129 Å². The van der Waals surface area contributed by atoms with E-state index >= 15 is 0 Å². The van der Waals surface area contributed by atoms with Crippen molar-refractivity contribution in [3.8, 4) is 0 Å². The standard InChI is InChI=1S/C69H117NO8/c1-3-5-7-9-11-13-15-17-19-20-21-22-23-24-25-26-27-28-29-30-31-32-33-34-35-36-37-38-39-40-41-42-43-44-45-47-49-51-53-55-57-59-65(73)70-62(61-77-69-68(76)67(75)66(74)64(60-71)78-69)63(72)58-56-54-52-50-48-46-18-16-14-12-10-8-6-4-2/h5,7,11,13,17,19,21-22,24-25,27-28,30-31,33-34,48,50,56,58,62-64,66-69,71-72,74-76H,3-4,6,8-10,12,14-16,18,20,23,26,29,32,35-47,49,51-55,57,59-61H2,1-2H3,(H,70,73)/b7-5-,13-11-,19-17-,22-21-,25-24-,28-27-,31-30-,34-33-,50-48+,58-56+. The van der Waals surface area contributed by atoms with Crippen molar-refractivity contribution in [1.29, 1.82) is 0 Å². The van der Waals surface area contributed by atoms with Gasteiger partial charge in [-0.05, 0) is 96.3 Å². The molecule has 6 N–H and O–H groups in total. The van der Waals surface area contributed by atoms with Gasteiger partial charge in [-0.15, -0.1) is 0 Å². The molecule has 1 saturated heterocycles. The molecule has 0 radical (unpaired) electrons. The molecule has 1 amide bonds. The molecular formula is C69H117NO8. The molecule has 1 aliphatic rings. The summed E-state index contributed by atoms with van der Waals surface area (Å²) in [7, 11) is 0. The van der Waals surface area contributed by atoms with E-state index in [9.17, 15) is 30.3 Å². The topological polar surface area (TPSA) is 149 Å². The minimum Gasteiger partial charge on any atom is -0.394 e. The van der Waals surface area contributed by atoms with Crippen molar-refractivity contribution in [2.45, 2.75) is 294 Å². The van der Waals surface area contributed by atoms with Gasteiger partial charge in [-0.3, -0.25) is 4.79 Å². The molecule has 0 aromatic heterocycles. The first kappa shape index (κ1) is 72.6. The number of carbonyl (C=O) groups is 1. The molecule has 446 valence electrons. The molecule has 1 heterocycles. The van der Waals surface area contributed by atoms with Gasteiger partial charge in [-0.1, -0.05) is 270 Å². The van der Waals surface area contributed by atoms with Crippen LogP contribution < -0.4 is 5.32 Å². The third-order valence-corrected chi connectivity index (χ3v) is 14.3. The van der Waals surface area contributed by atoms with E-state index in [4.69, 9.17) is 9.47 Å². The average Bonchev–Trinajstić information content (AvgIpc) is 3.46. The summed E-state index contributed by atoms with van der Waals surface area (Å²) >= 11 is 0. The molecule has 0 aliphatic carbocycles. The first-order valence-electron chi connectivity index (χ1n) is 31.8. The highest BCUT2D eigenvalue weighted by Gasteiger charge is 2.44. The van der Waals surface area contributed by atoms with Crippen LogP contribution in [0.2, 0.25) is 0 Å². The summed E-state index contributed by atoms with van der Waals surface area (Å²) in [5.41, 5.74) is 0. The van der Waals surface area contributed by atoms with Crippen molar-refractivity contribution >= 4 is 5.91 Å². The molecule has 0 saturated carbocycles. The Kier molecular flexibility index (Phi) is 52.9. The first-order chi connectivity index (χ1) is 38.3. The lowest BCUT2D eigenvalue weighted by atomic mass is 9.99. The van der Waals surface area contributed by atoms with Crippen LogP contribution in [0.5, 0.6) is 0 Å². The third-order valence-electron chi connectivity index (χ3n) is 14.3. The van der Waals surface area contributed by atoms with E-state index in [1.54, 1.807) is 6.08 Å². The average molecular weight is 1090 g/mol. The number of amides is 1. The predicted molar refractivity (Wildman–Crippen MR) is 331 cm³/mol. The van der Waals surface area contributed by atoms with Crippen LogP contribution in [-0.4, -0.2) is 87.5 Å². The first-order valence-corrected chi connectivity index (χ1v) is 31.8. The van der Waals surface area contributed by atoms with Gasteiger partial charge < -0.3 is 40.3 Å². The van der Waals surface area contributed by atoms with E-state index in [0.717, 1.165) is 89.9 Å². The summed E-state index contributed by atoms with van der Waals surface area (Å²) in [5.74, 6) is -0.190. The Bertz CT molecular complexity index is 1640. The fourth-order valence-corrected chi connectivity index (χ4v) is 9.31. The van der Waals surface area contributed by atoms with Crippen molar-refractivity contribution < 1.29 is 39.8 Å². The Hall–Kier alpha value is -3.41. The van der Waals surface area contributed by atoms with Gasteiger partial charge in [-0.2, -0.15) is 0 Å². The number of ether oxygens (including phenoxy) is 2. The van der Waals surface area contributed by atoms with Crippen LogP contribution in [0, 0.1) is 0 Å². The van der Waals surface area contributed by atoms with Crippen molar-refractivity contribution in [1.82, 2.24) is 5.32 Å². The monoisotopic (exact) mass is 1090 g/mol. The van der Waals surface area contributed by atoms with Crippen LogP contribution in [0.25, 0.3) is 0 Å². The van der Waals surface area contributed by atoms with E-state index in [1.165, 1.54) is 141 Å². The number of carbonyl (C=O) groups excluding carboxylic acids is 1. The minimum absolute atomic E-state index is 0.190. The molecule has 9 nitrogen and oxygen atoms in total. The van der Waals surface area contributed by atoms with Crippen molar-refractivity contribution in [3.63, 3.8) is 0 Å². The lowest BCUT2D eigenvalue weighted by Gasteiger charge is -2.40. The molecule has 1 aliphatic heterocycles. The lowest BCUT2D eigenvalue weighted by Crippen LogP contribution is -2.60. The SMILES string of the molecule is CC/C=C\C/C=C\C/C=C\C/C=C\C/C=C\C/C=C\C/C=C\C/C=C\CCCCCCCCCCCCCCCCCCC(=O)NC(COC1OC(CO)C(O)C(O)C1O)C(O)/C=C/CC/C=C/CCCCCCCCCC. The summed E-state index contributed by atoms with van der Waals surface area (Å²) < 4.78 is 11.2. The summed E-state index contributed by atoms with van der Waals surface area (Å²) in [6, 6.07) is -0.827. The summed E-state index contributed by atoms with van der Waals surface area (Å²) in [6.45, 7) is 3.64. The normalized spacial score (nSPS) is 19.5. The number of allylic oxidation sites excluding steroid dienone is 19. The zero-order valence-electron chi connectivity index (χ0n) is 49.6. The highest BCUT2D eigenvalue weighted by atomic mass is 16.7. The quantitative estimate of drug-likeness (QED) is 0.0261. The molecule has 1 rings (SSSR count). The molecule has 7 atom stereocenters. The number of nitrogens with one attached hydrogen (secondary N) is 1. The maximum atomic E-state index is 13.1. The second-order valence-electron chi connectivity index (χ2n) is 21.5. The van der Waals surface area contributed by atoms with Gasteiger partial charge in [0.1, 0.15) is 24.4 Å². The summed E-state index contributed by atoms with van der Waals surface area (Å²) in [4.78, 5) is 13.1. The van der Waals surface area contributed by atoms with Crippen molar-refractivity contribution in [3.05, 3.63) is 122 Å². The highest BCUT2D eigenvalue weighted by molar-refractivity contribution is 5.76. The molecule has 0 aromatic rings. The van der Waals surface area contributed by atoms with Crippen LogP contribution in [0.1, 0.15) is 251 Å². The van der Waals surface area contributed by atoms with Gasteiger partial charge >= 0.3 is 0 Å². The molecule has 0 aromatic carbocycles. The molecule has 9 heteroatoms. The molecule has 78 heavy (non-hydrogen) atoms. The van der Waals surface area contributed by atoms with Crippen molar-refractivity contribution in [2.24, 2.45) is 0 Å². The van der Waals surface area contributed by atoms with Gasteiger partial charge in [0.05, 0.1) is 25.4 Å². The Morgan fingerprint density at radius 2 is 0.808 bits per heavy atom. The fourth-order valence-electron chi connectivity index (χ4n) is 9.31. The predicted octanol–water partition coefficient (Wildman–Crippen LogP) is 16.7. The maximum absolute atomic E-state index is 13.1. The van der Waals surface area contributed by atoms with Crippen molar-refractivity contribution in [2.75, 3.05) is 13.2 Å². The van der Waals surface area contributed by atoms with Crippen LogP contribution in [0.15, 0.2) is 122 Å². The zero-order chi connectivity index (χ0) is 56.5. The Morgan fingerprint density at radius 1 is 0.449 bits per heavy atom. The van der Waals surface area contributed by atoms with Gasteiger partial charge in [0.25, 0.3) is 0 Å². The highest BCUT2D eigenvalue weighted by Crippen LogP contribution is 2.23. The molecule has 0 bridgehead atoms.